The number of esters is 1. The molecular formula is C35H36F3N5O6. The largest absolute Gasteiger partial charge is 0.542 e. The van der Waals surface area contributed by atoms with Gasteiger partial charge < -0.3 is 29.5 Å². The molecule has 2 N–H and O–H groups in total. The quantitative estimate of drug-likeness (QED) is 0.203. The van der Waals surface area contributed by atoms with Crippen LogP contribution in [0.5, 0.6) is 0 Å². The van der Waals surface area contributed by atoms with Crippen molar-refractivity contribution in [1.29, 1.82) is 0 Å². The molecule has 49 heavy (non-hydrogen) atoms. The van der Waals surface area contributed by atoms with Crippen LogP contribution < -0.4 is 10.4 Å². The molecule has 4 aromatic rings. The molecule has 1 amide bonds. The Morgan fingerprint density at radius 1 is 0.918 bits per heavy atom. The lowest BCUT2D eigenvalue weighted by molar-refractivity contribution is -0.945. The van der Waals surface area contributed by atoms with Gasteiger partial charge in [-0.25, -0.2) is 4.79 Å². The first kappa shape index (κ1) is 35.2. The van der Waals surface area contributed by atoms with Gasteiger partial charge in [0.15, 0.2) is 11.8 Å². The Balaban J connectivity index is 0.000000606. The summed E-state index contributed by atoms with van der Waals surface area (Å²) in [5.74, 6) is -3.65. The van der Waals surface area contributed by atoms with Crippen molar-refractivity contribution < 1.29 is 47.0 Å². The predicted molar refractivity (Wildman–Crippen MR) is 168 cm³/mol. The Hall–Kier alpha value is -5.08. The smallest absolute Gasteiger partial charge is 0.430 e. The van der Waals surface area contributed by atoms with Crippen LogP contribution in [0.15, 0.2) is 91.0 Å². The van der Waals surface area contributed by atoms with Crippen molar-refractivity contribution in [2.45, 2.75) is 37.6 Å². The fourth-order valence-electron chi connectivity index (χ4n) is 6.41. The van der Waals surface area contributed by atoms with Crippen LogP contribution in [0.4, 0.5) is 13.2 Å². The number of ether oxygens (including phenoxy) is 1. The number of aliphatic hydroxyl groups is 1. The van der Waals surface area contributed by atoms with E-state index < -0.39 is 23.7 Å². The molecule has 3 aromatic carbocycles. The Labute approximate surface area is 280 Å². The molecule has 3 saturated heterocycles. The number of quaternary nitrogens is 1. The number of aliphatic carboxylic acids is 1. The standard InChI is InChI=1S/C33H35N5O4.C2HF3O2/c1-24-30(36-37(35-24)28-15-9-4-10-16-28)31(39)34-19-22-38-20-17-25(18-21-38)29(23-38)42-32(40)33(41,26-11-5-2-6-12-26)27-13-7-3-8-14-27;3-2(4,5)1(6)7/h2-16,25,29,41H,17-23H2,1H3;(H,6,7)/t25?,29-,38?;/m0./s1. The number of nitrogens with one attached hydrogen (secondary N) is 1. The summed E-state index contributed by atoms with van der Waals surface area (Å²) in [4.78, 5) is 37.0. The first-order valence-corrected chi connectivity index (χ1v) is 15.8. The van der Waals surface area contributed by atoms with Crippen LogP contribution in [-0.4, -0.2) is 87.4 Å². The molecule has 258 valence electrons. The summed E-state index contributed by atoms with van der Waals surface area (Å²) in [7, 11) is 0. The number of rotatable bonds is 9. The number of fused-ring (bicyclic) bond motifs is 3. The zero-order valence-electron chi connectivity index (χ0n) is 26.7. The van der Waals surface area contributed by atoms with Gasteiger partial charge in [-0.3, -0.25) is 4.79 Å². The predicted octanol–water partition coefficient (Wildman–Crippen LogP) is 2.69. The van der Waals surface area contributed by atoms with E-state index in [0.29, 0.717) is 35.6 Å². The second kappa shape index (κ2) is 14.6. The number of amides is 1. The van der Waals surface area contributed by atoms with E-state index in [9.17, 15) is 27.9 Å². The normalized spacial score (nSPS) is 20.1. The summed E-state index contributed by atoms with van der Waals surface area (Å²) in [6.07, 6.45) is -3.63. The average Bonchev–Trinajstić information content (AvgIpc) is 3.51. The molecule has 1 aromatic heterocycles. The lowest BCUT2D eigenvalue weighted by atomic mass is 9.82. The van der Waals surface area contributed by atoms with Crippen LogP contribution in [0.3, 0.4) is 0 Å². The summed E-state index contributed by atoms with van der Waals surface area (Å²) in [5, 5.41) is 32.5. The fraction of sp³-hybridized carbons (Fsp3) is 0.343. The molecule has 4 heterocycles. The van der Waals surface area contributed by atoms with Gasteiger partial charge in [0.05, 0.1) is 37.6 Å². The molecular weight excluding hydrogens is 643 g/mol. The monoisotopic (exact) mass is 679 g/mol. The fourth-order valence-corrected chi connectivity index (χ4v) is 6.41. The van der Waals surface area contributed by atoms with Crippen molar-refractivity contribution in [3.05, 3.63) is 114 Å². The lowest BCUT2D eigenvalue weighted by Gasteiger charge is -2.52. The van der Waals surface area contributed by atoms with Crippen molar-refractivity contribution in [3.8, 4) is 5.69 Å². The van der Waals surface area contributed by atoms with Crippen LogP contribution in [0.1, 0.15) is 40.2 Å². The van der Waals surface area contributed by atoms with Crippen molar-refractivity contribution in [2.24, 2.45) is 5.92 Å². The number of hydrogen-bond donors (Lipinski definition) is 2. The van der Waals surface area contributed by atoms with Gasteiger partial charge in [0.2, 0.25) is 5.60 Å². The van der Waals surface area contributed by atoms with E-state index in [1.165, 1.54) is 4.80 Å². The highest BCUT2D eigenvalue weighted by atomic mass is 19.4. The number of nitrogens with zero attached hydrogens (tertiary/aromatic N) is 4. The number of carboxylic acids is 1. The average molecular weight is 680 g/mol. The van der Waals surface area contributed by atoms with E-state index in [1.54, 1.807) is 31.2 Å². The highest BCUT2D eigenvalue weighted by Gasteiger charge is 2.50. The molecule has 3 fully saturated rings. The molecule has 3 aliphatic heterocycles. The molecule has 3 aliphatic rings. The maximum Gasteiger partial charge on any atom is 0.430 e. The molecule has 0 spiro atoms. The minimum Gasteiger partial charge on any atom is -0.542 e. The molecule has 2 bridgehead atoms. The SMILES string of the molecule is Cc1nn(-c2ccccc2)nc1C(=O)NCC[N+]12CCC(CC1)[C@@H](OC(=O)C(O)(c1ccccc1)c1ccccc1)C2.O=C([O-])C(F)(F)F. The van der Waals surface area contributed by atoms with Gasteiger partial charge in [-0.2, -0.15) is 23.1 Å². The third kappa shape index (κ3) is 7.98. The second-order valence-electron chi connectivity index (χ2n) is 12.2. The highest BCUT2D eigenvalue weighted by molar-refractivity contribution is 5.93. The van der Waals surface area contributed by atoms with Gasteiger partial charge in [-0.1, -0.05) is 78.9 Å². The number of para-hydroxylation sites is 1. The van der Waals surface area contributed by atoms with Gasteiger partial charge in [0.25, 0.3) is 5.91 Å². The summed E-state index contributed by atoms with van der Waals surface area (Å²) in [6.45, 7) is 5.58. The Morgan fingerprint density at radius 3 is 1.94 bits per heavy atom. The second-order valence-corrected chi connectivity index (χ2v) is 12.2. The number of hydrogen-bond acceptors (Lipinski definition) is 8. The molecule has 7 rings (SSSR count). The number of carbonyl (C=O) groups excluding carboxylic acids is 3. The van der Waals surface area contributed by atoms with E-state index in [4.69, 9.17) is 14.6 Å². The van der Waals surface area contributed by atoms with Gasteiger partial charge in [-0.05, 0) is 30.2 Å². The Morgan fingerprint density at radius 2 is 1.43 bits per heavy atom. The van der Waals surface area contributed by atoms with Crippen LogP contribution >= 0.6 is 0 Å². The third-order valence-electron chi connectivity index (χ3n) is 9.07. The van der Waals surface area contributed by atoms with Crippen molar-refractivity contribution in [2.75, 3.05) is 32.7 Å². The molecule has 0 unspecified atom stereocenters. The molecule has 1 atom stereocenters. The summed E-state index contributed by atoms with van der Waals surface area (Å²) < 4.78 is 38.5. The third-order valence-corrected chi connectivity index (χ3v) is 9.07. The topological polar surface area (TPSA) is 146 Å². The minimum absolute atomic E-state index is 0.251. The molecule has 11 nitrogen and oxygen atoms in total. The number of carbonyl (C=O) groups is 3. The minimum atomic E-state index is -5.19. The Bertz CT molecular complexity index is 1700. The van der Waals surface area contributed by atoms with Crippen LogP contribution in [0.25, 0.3) is 5.69 Å². The van der Waals surface area contributed by atoms with Gasteiger partial charge in [0.1, 0.15) is 12.5 Å². The van der Waals surface area contributed by atoms with Gasteiger partial charge in [0, 0.05) is 18.8 Å². The maximum atomic E-state index is 13.8. The molecule has 0 radical (unpaired) electrons. The number of carboxylic acid groups (broad SMARTS) is 1. The van der Waals surface area contributed by atoms with Crippen LogP contribution in [0, 0.1) is 12.8 Å². The lowest BCUT2D eigenvalue weighted by Crippen LogP contribution is -2.66. The van der Waals surface area contributed by atoms with Gasteiger partial charge >= 0.3 is 12.1 Å². The Kier molecular flexibility index (Phi) is 10.5. The van der Waals surface area contributed by atoms with E-state index in [0.717, 1.165) is 42.6 Å². The number of halogens is 3. The maximum absolute atomic E-state index is 13.8. The number of benzene rings is 3. The van der Waals surface area contributed by atoms with E-state index in [-0.39, 0.29) is 17.9 Å². The number of aryl methyl sites for hydroxylation is 1. The summed E-state index contributed by atoms with van der Waals surface area (Å²) >= 11 is 0. The first-order valence-electron chi connectivity index (χ1n) is 15.8. The highest BCUT2D eigenvalue weighted by Crippen LogP contribution is 2.38. The number of aromatic nitrogens is 3. The van der Waals surface area contributed by atoms with Crippen LogP contribution in [0.2, 0.25) is 0 Å². The van der Waals surface area contributed by atoms with E-state index in [1.807, 2.05) is 66.7 Å². The summed E-state index contributed by atoms with van der Waals surface area (Å²) in [5.41, 5.74) is 0.730. The van der Waals surface area contributed by atoms with Gasteiger partial charge in [-0.15, -0.1) is 5.10 Å². The van der Waals surface area contributed by atoms with Crippen LogP contribution in [-0.2, 0) is 19.9 Å². The number of piperidine rings is 3. The first-order chi connectivity index (χ1) is 23.3. The van der Waals surface area contributed by atoms with Crippen molar-refractivity contribution in [1.82, 2.24) is 20.3 Å². The molecule has 0 aliphatic carbocycles. The molecule has 14 heteroatoms. The van der Waals surface area contributed by atoms with Crippen molar-refractivity contribution in [3.63, 3.8) is 0 Å². The van der Waals surface area contributed by atoms with E-state index in [2.05, 4.69) is 15.5 Å². The molecule has 0 saturated carbocycles. The van der Waals surface area contributed by atoms with E-state index >= 15 is 0 Å². The zero-order valence-corrected chi connectivity index (χ0v) is 26.7. The zero-order chi connectivity index (χ0) is 35.2. The van der Waals surface area contributed by atoms with Crippen molar-refractivity contribution >= 4 is 17.8 Å². The number of alkyl halides is 3. The summed E-state index contributed by atoms with van der Waals surface area (Å²) in [6, 6.07) is 27.4.